The van der Waals surface area contributed by atoms with Gasteiger partial charge in [-0.05, 0) is 25.0 Å². The Morgan fingerprint density at radius 1 is 1.44 bits per heavy atom. The molecular weight excluding hydrogens is 200 g/mol. The van der Waals surface area contributed by atoms with Gasteiger partial charge >= 0.3 is 0 Å². The van der Waals surface area contributed by atoms with Crippen LogP contribution in [0.5, 0.6) is 0 Å². The van der Waals surface area contributed by atoms with Crippen molar-refractivity contribution < 1.29 is 4.74 Å². The fraction of sp³-hybridized carbons (Fsp3) is 0.615. The van der Waals surface area contributed by atoms with Gasteiger partial charge in [0.2, 0.25) is 0 Å². The molecule has 3 heteroatoms. The Kier molecular flexibility index (Phi) is 3.78. The van der Waals surface area contributed by atoms with Crippen LogP contribution < -0.4 is 4.90 Å². The summed E-state index contributed by atoms with van der Waals surface area (Å²) >= 11 is 0. The third kappa shape index (κ3) is 2.53. The molecule has 0 radical (unpaired) electrons. The molecule has 16 heavy (non-hydrogen) atoms. The topological polar surface area (TPSA) is 25.4 Å². The summed E-state index contributed by atoms with van der Waals surface area (Å²) in [6, 6.07) is 4.29. The van der Waals surface area contributed by atoms with Crippen molar-refractivity contribution in [3.63, 3.8) is 0 Å². The van der Waals surface area contributed by atoms with E-state index in [9.17, 15) is 0 Å². The maximum atomic E-state index is 5.66. The second kappa shape index (κ2) is 5.30. The van der Waals surface area contributed by atoms with Crippen molar-refractivity contribution in [2.45, 2.75) is 32.8 Å². The van der Waals surface area contributed by atoms with Crippen molar-refractivity contribution >= 4 is 5.69 Å². The van der Waals surface area contributed by atoms with Crippen LogP contribution in [0.3, 0.4) is 0 Å². The van der Waals surface area contributed by atoms with Gasteiger partial charge in [-0.15, -0.1) is 0 Å². The predicted octanol–water partition coefficient (Wildman–Crippen LogP) is 2.26. The van der Waals surface area contributed by atoms with Gasteiger partial charge in [-0.1, -0.05) is 13.8 Å². The highest BCUT2D eigenvalue weighted by Gasteiger charge is 2.19. The van der Waals surface area contributed by atoms with E-state index in [-0.39, 0.29) is 0 Å². The number of pyridine rings is 1. The Morgan fingerprint density at radius 2 is 2.31 bits per heavy atom. The Labute approximate surface area is 97.4 Å². The minimum Gasteiger partial charge on any atom is -0.375 e. The Bertz CT molecular complexity index is 323. The zero-order chi connectivity index (χ0) is 11.4. The number of aromatic nitrogens is 1. The molecule has 0 aromatic carbocycles. The van der Waals surface area contributed by atoms with Crippen LogP contribution in [0.15, 0.2) is 18.3 Å². The summed E-state index contributed by atoms with van der Waals surface area (Å²) in [6.45, 7) is 7.10. The van der Waals surface area contributed by atoms with Gasteiger partial charge in [0.1, 0.15) is 0 Å². The molecule has 3 nitrogen and oxygen atoms in total. The molecule has 1 atom stereocenters. The number of hydrogen-bond donors (Lipinski definition) is 0. The Hall–Kier alpha value is -1.09. The monoisotopic (exact) mass is 220 g/mol. The van der Waals surface area contributed by atoms with Crippen molar-refractivity contribution in [3.8, 4) is 0 Å². The maximum Gasteiger partial charge on any atom is 0.0748 e. The molecule has 1 aliphatic heterocycles. The van der Waals surface area contributed by atoms with Crippen LogP contribution >= 0.6 is 0 Å². The largest absolute Gasteiger partial charge is 0.375 e. The van der Waals surface area contributed by atoms with Crippen LogP contribution in [0.2, 0.25) is 0 Å². The Morgan fingerprint density at radius 3 is 2.94 bits per heavy atom. The number of rotatable bonds is 3. The first-order valence-corrected chi connectivity index (χ1v) is 6.15. The molecule has 1 aromatic rings. The molecule has 0 N–H and O–H groups in total. The second-order valence-electron chi connectivity index (χ2n) is 4.21. The SMILES string of the molecule is CCc1ccc(N2CCOC(CC)C2)cn1. The molecule has 2 rings (SSSR count). The first-order chi connectivity index (χ1) is 7.83. The fourth-order valence-corrected chi connectivity index (χ4v) is 2.01. The summed E-state index contributed by atoms with van der Waals surface area (Å²) in [5, 5.41) is 0. The molecule has 1 unspecified atom stereocenters. The highest BCUT2D eigenvalue weighted by atomic mass is 16.5. The highest BCUT2D eigenvalue weighted by molar-refractivity contribution is 5.45. The first-order valence-electron chi connectivity index (χ1n) is 6.15. The molecule has 1 saturated heterocycles. The van der Waals surface area contributed by atoms with Gasteiger partial charge in [0.15, 0.2) is 0 Å². The highest BCUT2D eigenvalue weighted by Crippen LogP contribution is 2.18. The van der Waals surface area contributed by atoms with Crippen molar-refractivity contribution in [2.75, 3.05) is 24.6 Å². The number of nitrogens with zero attached hydrogens (tertiary/aromatic N) is 2. The quantitative estimate of drug-likeness (QED) is 0.781. The number of anilines is 1. The second-order valence-corrected chi connectivity index (χ2v) is 4.21. The van der Waals surface area contributed by atoms with Crippen molar-refractivity contribution in [2.24, 2.45) is 0 Å². The van der Waals surface area contributed by atoms with Gasteiger partial charge < -0.3 is 9.64 Å². The predicted molar refractivity (Wildman–Crippen MR) is 65.9 cm³/mol. The molecule has 0 aliphatic carbocycles. The van der Waals surface area contributed by atoms with E-state index < -0.39 is 0 Å². The van der Waals surface area contributed by atoms with Crippen molar-refractivity contribution in [3.05, 3.63) is 24.0 Å². The zero-order valence-corrected chi connectivity index (χ0v) is 10.1. The fourth-order valence-electron chi connectivity index (χ4n) is 2.01. The third-order valence-corrected chi connectivity index (χ3v) is 3.13. The van der Waals surface area contributed by atoms with Crippen LogP contribution in [-0.4, -0.2) is 30.8 Å². The van der Waals surface area contributed by atoms with E-state index in [0.29, 0.717) is 6.10 Å². The van der Waals surface area contributed by atoms with Gasteiger partial charge in [-0.3, -0.25) is 4.98 Å². The van der Waals surface area contributed by atoms with Gasteiger partial charge in [0.05, 0.1) is 24.6 Å². The minimum atomic E-state index is 0.375. The molecule has 1 fully saturated rings. The molecule has 2 heterocycles. The van der Waals surface area contributed by atoms with E-state index in [4.69, 9.17) is 4.74 Å². The van der Waals surface area contributed by atoms with Crippen molar-refractivity contribution in [1.82, 2.24) is 4.98 Å². The summed E-state index contributed by atoms with van der Waals surface area (Å²) in [5.41, 5.74) is 2.38. The molecule has 0 spiro atoms. The lowest BCUT2D eigenvalue weighted by molar-refractivity contribution is 0.0384. The van der Waals surface area contributed by atoms with Crippen LogP contribution in [-0.2, 0) is 11.2 Å². The van der Waals surface area contributed by atoms with E-state index in [1.54, 1.807) is 0 Å². The summed E-state index contributed by atoms with van der Waals surface area (Å²) in [5.74, 6) is 0. The van der Waals surface area contributed by atoms with Crippen LogP contribution in [0, 0.1) is 0 Å². The van der Waals surface area contributed by atoms with Gasteiger partial charge in [0, 0.05) is 18.8 Å². The van der Waals surface area contributed by atoms with E-state index in [1.165, 1.54) is 5.69 Å². The summed E-state index contributed by atoms with van der Waals surface area (Å²) in [6.07, 6.45) is 4.44. The van der Waals surface area contributed by atoms with Crippen LogP contribution in [0.4, 0.5) is 5.69 Å². The standard InChI is InChI=1S/C13H20N2O/c1-3-11-5-6-12(9-14-11)15-7-8-16-13(4-2)10-15/h5-6,9,13H,3-4,7-8,10H2,1-2H3. The lowest BCUT2D eigenvalue weighted by atomic mass is 10.2. The number of ether oxygens (including phenoxy) is 1. The molecule has 0 saturated carbocycles. The van der Waals surface area contributed by atoms with E-state index in [2.05, 4.69) is 35.9 Å². The molecule has 1 aliphatic rings. The van der Waals surface area contributed by atoms with Crippen LogP contribution in [0.25, 0.3) is 0 Å². The first kappa shape index (κ1) is 11.4. The molecular formula is C13H20N2O. The van der Waals surface area contributed by atoms with Gasteiger partial charge in [0.25, 0.3) is 0 Å². The van der Waals surface area contributed by atoms with E-state index in [1.807, 2.05) is 6.20 Å². The smallest absolute Gasteiger partial charge is 0.0748 e. The Balaban J connectivity index is 2.05. The maximum absolute atomic E-state index is 5.66. The lowest BCUT2D eigenvalue weighted by Gasteiger charge is -2.33. The average molecular weight is 220 g/mol. The van der Waals surface area contributed by atoms with Gasteiger partial charge in [-0.2, -0.15) is 0 Å². The molecule has 1 aromatic heterocycles. The van der Waals surface area contributed by atoms with Crippen LogP contribution in [0.1, 0.15) is 26.0 Å². The normalized spacial score (nSPS) is 21.1. The number of hydrogen-bond acceptors (Lipinski definition) is 3. The van der Waals surface area contributed by atoms with Crippen molar-refractivity contribution in [1.29, 1.82) is 0 Å². The summed E-state index contributed by atoms with van der Waals surface area (Å²) in [4.78, 5) is 6.81. The molecule has 0 bridgehead atoms. The van der Waals surface area contributed by atoms with Gasteiger partial charge in [-0.25, -0.2) is 0 Å². The lowest BCUT2D eigenvalue weighted by Crippen LogP contribution is -2.42. The van der Waals surface area contributed by atoms with E-state index in [0.717, 1.165) is 38.2 Å². The number of morpholine rings is 1. The number of aryl methyl sites for hydroxylation is 1. The average Bonchev–Trinajstić information content (AvgIpc) is 2.39. The third-order valence-electron chi connectivity index (χ3n) is 3.13. The minimum absolute atomic E-state index is 0.375. The molecule has 0 amide bonds. The molecule has 88 valence electrons. The zero-order valence-electron chi connectivity index (χ0n) is 10.1. The van der Waals surface area contributed by atoms with E-state index >= 15 is 0 Å². The summed E-state index contributed by atoms with van der Waals surface area (Å²) < 4.78 is 5.66. The summed E-state index contributed by atoms with van der Waals surface area (Å²) in [7, 11) is 0.